The number of thioether (sulfide) groups is 1. The number of rotatable bonds is 6. The van der Waals surface area contributed by atoms with Crippen LogP contribution in [-0.4, -0.2) is 31.1 Å². The molecule has 0 aromatic carbocycles. The molecule has 0 aliphatic carbocycles. The number of hydrogen-bond donors (Lipinski definition) is 2. The van der Waals surface area contributed by atoms with Gasteiger partial charge in [0.2, 0.25) is 10.0 Å². The molecule has 0 radical (unpaired) electrons. The molecule has 2 N–H and O–H groups in total. The minimum absolute atomic E-state index is 0.128. The third-order valence-electron chi connectivity index (χ3n) is 2.34. The lowest BCUT2D eigenvalue weighted by Gasteiger charge is -2.21. The van der Waals surface area contributed by atoms with Gasteiger partial charge in [0.15, 0.2) is 0 Å². The maximum atomic E-state index is 11.9. The van der Waals surface area contributed by atoms with Gasteiger partial charge in [-0.3, -0.25) is 0 Å². The van der Waals surface area contributed by atoms with Crippen molar-refractivity contribution in [1.82, 2.24) is 4.72 Å². The Labute approximate surface area is 110 Å². The molecule has 0 spiro atoms. The van der Waals surface area contributed by atoms with Crippen molar-refractivity contribution in [3.05, 3.63) is 16.3 Å². The number of thiophene rings is 1. The molecule has 98 valence electrons. The second-order valence-electron chi connectivity index (χ2n) is 4.20. The van der Waals surface area contributed by atoms with Gasteiger partial charge >= 0.3 is 0 Å². The molecular formula is C10H17NO3S3. The predicted molar refractivity (Wildman–Crippen MR) is 73.0 cm³/mol. The van der Waals surface area contributed by atoms with E-state index in [1.54, 1.807) is 17.1 Å². The molecule has 17 heavy (non-hydrogen) atoms. The Balaban J connectivity index is 2.76. The van der Waals surface area contributed by atoms with Crippen LogP contribution < -0.4 is 4.72 Å². The molecule has 1 rings (SSSR count). The van der Waals surface area contributed by atoms with Crippen molar-refractivity contribution in [2.45, 2.75) is 30.1 Å². The summed E-state index contributed by atoms with van der Waals surface area (Å²) in [6.45, 7) is 4.21. The molecule has 0 saturated heterocycles. The first kappa shape index (κ1) is 15.0. The van der Waals surface area contributed by atoms with Crippen LogP contribution in [0.25, 0.3) is 0 Å². The molecular weight excluding hydrogens is 278 g/mol. The van der Waals surface area contributed by atoms with Crippen LogP contribution in [0.15, 0.2) is 16.3 Å². The SMILES string of the molecule is CSC(C)(C)CNS(=O)(=O)c1csc(CO)c1. The molecule has 0 unspecified atom stereocenters. The number of sulfonamides is 1. The van der Waals surface area contributed by atoms with E-state index in [4.69, 9.17) is 5.11 Å². The van der Waals surface area contributed by atoms with Gasteiger partial charge in [0.05, 0.1) is 11.5 Å². The number of nitrogens with one attached hydrogen (secondary N) is 1. The summed E-state index contributed by atoms with van der Waals surface area (Å²) in [6, 6.07) is 1.50. The van der Waals surface area contributed by atoms with Gasteiger partial charge in [0.25, 0.3) is 0 Å². The van der Waals surface area contributed by atoms with Crippen LogP contribution in [0.1, 0.15) is 18.7 Å². The highest BCUT2D eigenvalue weighted by Crippen LogP contribution is 2.22. The van der Waals surface area contributed by atoms with Gasteiger partial charge in [-0.2, -0.15) is 11.8 Å². The van der Waals surface area contributed by atoms with Crippen molar-refractivity contribution in [1.29, 1.82) is 0 Å². The van der Waals surface area contributed by atoms with Crippen LogP contribution in [0.5, 0.6) is 0 Å². The zero-order chi connectivity index (χ0) is 13.1. The lowest BCUT2D eigenvalue weighted by Crippen LogP contribution is -2.35. The van der Waals surface area contributed by atoms with Crippen molar-refractivity contribution in [2.75, 3.05) is 12.8 Å². The van der Waals surface area contributed by atoms with Crippen LogP contribution in [0, 0.1) is 0 Å². The molecule has 7 heteroatoms. The second kappa shape index (κ2) is 5.71. The number of hydrogen-bond acceptors (Lipinski definition) is 5. The van der Waals surface area contributed by atoms with E-state index in [0.717, 1.165) is 0 Å². The van der Waals surface area contributed by atoms with E-state index in [1.807, 2.05) is 20.1 Å². The quantitative estimate of drug-likeness (QED) is 0.837. The Morgan fingerprint density at radius 2 is 2.18 bits per heavy atom. The average molecular weight is 295 g/mol. The van der Waals surface area contributed by atoms with Crippen molar-refractivity contribution in [3.8, 4) is 0 Å². The summed E-state index contributed by atoms with van der Waals surface area (Å²) in [5, 5.41) is 10.4. The maximum Gasteiger partial charge on any atom is 0.241 e. The zero-order valence-electron chi connectivity index (χ0n) is 10.1. The highest BCUT2D eigenvalue weighted by Gasteiger charge is 2.22. The third kappa shape index (κ3) is 4.26. The summed E-state index contributed by atoms with van der Waals surface area (Å²) in [4.78, 5) is 0.873. The molecule has 0 amide bonds. The van der Waals surface area contributed by atoms with E-state index in [9.17, 15) is 8.42 Å². The van der Waals surface area contributed by atoms with Gasteiger partial charge in [0, 0.05) is 21.5 Å². The van der Waals surface area contributed by atoms with E-state index in [2.05, 4.69) is 4.72 Å². The summed E-state index contributed by atoms with van der Waals surface area (Å²) in [7, 11) is -3.46. The Bertz CT molecular complexity index is 465. The fourth-order valence-corrected chi connectivity index (χ4v) is 3.66. The summed E-state index contributed by atoms with van der Waals surface area (Å²) in [6.07, 6.45) is 1.95. The van der Waals surface area contributed by atoms with E-state index >= 15 is 0 Å². The Kier molecular flexibility index (Phi) is 5.03. The van der Waals surface area contributed by atoms with Crippen molar-refractivity contribution in [2.24, 2.45) is 0 Å². The summed E-state index contributed by atoms with van der Waals surface area (Å²) < 4.78 is 26.3. The van der Waals surface area contributed by atoms with Crippen LogP contribution in [0.3, 0.4) is 0 Å². The van der Waals surface area contributed by atoms with Crippen LogP contribution in [0.2, 0.25) is 0 Å². The molecule has 0 aliphatic rings. The maximum absolute atomic E-state index is 11.9. The van der Waals surface area contributed by atoms with Gasteiger partial charge < -0.3 is 5.11 Å². The van der Waals surface area contributed by atoms with Gasteiger partial charge in [-0.1, -0.05) is 0 Å². The standard InChI is InChI=1S/C10H17NO3S3/c1-10(2,15-3)7-11-17(13,14)9-4-8(5-12)16-6-9/h4,6,11-12H,5,7H2,1-3H3. The third-order valence-corrected chi connectivity index (χ3v) is 6.04. The van der Waals surface area contributed by atoms with Crippen molar-refractivity contribution >= 4 is 33.1 Å². The zero-order valence-corrected chi connectivity index (χ0v) is 12.5. The van der Waals surface area contributed by atoms with Crippen LogP contribution >= 0.6 is 23.1 Å². The highest BCUT2D eigenvalue weighted by atomic mass is 32.2. The summed E-state index contributed by atoms with van der Waals surface area (Å²) in [5.74, 6) is 0. The lowest BCUT2D eigenvalue weighted by molar-refractivity contribution is 0.285. The monoisotopic (exact) mass is 295 g/mol. The second-order valence-corrected chi connectivity index (χ2v) is 8.47. The Hall–Kier alpha value is -0.0800. The normalized spacial score (nSPS) is 12.9. The molecule has 0 fully saturated rings. The van der Waals surface area contributed by atoms with E-state index < -0.39 is 10.0 Å². The van der Waals surface area contributed by atoms with E-state index in [0.29, 0.717) is 11.4 Å². The largest absolute Gasteiger partial charge is 0.391 e. The molecule has 0 aliphatic heterocycles. The van der Waals surface area contributed by atoms with Crippen LogP contribution in [-0.2, 0) is 16.6 Å². The van der Waals surface area contributed by atoms with E-state index in [-0.39, 0.29) is 16.2 Å². The molecule has 0 saturated carbocycles. The fraction of sp³-hybridized carbons (Fsp3) is 0.600. The summed E-state index contributed by atoms with van der Waals surface area (Å²) in [5.41, 5.74) is 0. The molecule has 0 atom stereocenters. The molecule has 4 nitrogen and oxygen atoms in total. The molecule has 0 bridgehead atoms. The Morgan fingerprint density at radius 3 is 2.65 bits per heavy atom. The summed E-state index contributed by atoms with van der Waals surface area (Å²) >= 11 is 2.85. The first-order valence-electron chi connectivity index (χ1n) is 5.04. The van der Waals surface area contributed by atoms with Crippen molar-refractivity contribution < 1.29 is 13.5 Å². The van der Waals surface area contributed by atoms with Gasteiger partial charge in [-0.25, -0.2) is 13.1 Å². The smallest absolute Gasteiger partial charge is 0.241 e. The van der Waals surface area contributed by atoms with Gasteiger partial charge in [0.1, 0.15) is 0 Å². The van der Waals surface area contributed by atoms with Crippen molar-refractivity contribution in [3.63, 3.8) is 0 Å². The predicted octanol–water partition coefficient (Wildman–Crippen LogP) is 1.66. The van der Waals surface area contributed by atoms with Gasteiger partial charge in [-0.05, 0) is 26.2 Å². The first-order chi connectivity index (χ1) is 7.80. The molecule has 1 aromatic rings. The topological polar surface area (TPSA) is 66.4 Å². The van der Waals surface area contributed by atoms with Crippen LogP contribution in [0.4, 0.5) is 0 Å². The average Bonchev–Trinajstić information content (AvgIpc) is 2.76. The molecule has 1 aromatic heterocycles. The minimum atomic E-state index is -3.46. The fourth-order valence-electron chi connectivity index (χ4n) is 1.01. The molecule has 1 heterocycles. The number of aliphatic hydroxyl groups excluding tert-OH is 1. The number of aliphatic hydroxyl groups is 1. The van der Waals surface area contributed by atoms with Gasteiger partial charge in [-0.15, -0.1) is 11.3 Å². The Morgan fingerprint density at radius 1 is 1.53 bits per heavy atom. The van der Waals surface area contributed by atoms with E-state index in [1.165, 1.54) is 17.4 Å². The lowest BCUT2D eigenvalue weighted by atomic mass is 10.2. The highest BCUT2D eigenvalue weighted by molar-refractivity contribution is 8.00. The first-order valence-corrected chi connectivity index (χ1v) is 8.62. The minimum Gasteiger partial charge on any atom is -0.391 e.